The summed E-state index contributed by atoms with van der Waals surface area (Å²) in [5, 5.41) is 5.06. The molecule has 2 aromatic heterocycles. The van der Waals surface area contributed by atoms with Crippen molar-refractivity contribution in [1.82, 2.24) is 14.8 Å². The Bertz CT molecular complexity index is 926. The second kappa shape index (κ2) is 5.40. The van der Waals surface area contributed by atoms with Crippen molar-refractivity contribution in [3.63, 3.8) is 0 Å². The highest BCUT2D eigenvalue weighted by Gasteiger charge is 2.17. The third-order valence-corrected chi connectivity index (χ3v) is 3.33. The minimum Gasteiger partial charge on any atom is -0.464 e. The third kappa shape index (κ3) is 2.24. The molecule has 0 saturated heterocycles. The number of carbonyl (C=O) groups excluding carboxylic acids is 1. The Morgan fingerprint density at radius 1 is 1.23 bits per heavy atom. The van der Waals surface area contributed by atoms with Crippen LogP contribution in [-0.4, -0.2) is 27.8 Å². The smallest absolute Gasteiger partial charge is 0.362 e. The van der Waals surface area contributed by atoms with Crippen molar-refractivity contribution in [3.8, 4) is 5.69 Å². The van der Waals surface area contributed by atoms with E-state index in [1.165, 1.54) is 11.8 Å². The monoisotopic (exact) mass is 295 g/mol. The number of rotatable bonds is 2. The Morgan fingerprint density at radius 3 is 2.77 bits per heavy atom. The molecule has 0 spiro atoms. The van der Waals surface area contributed by atoms with E-state index in [9.17, 15) is 9.59 Å². The first kappa shape index (κ1) is 13.9. The molecule has 0 saturated carbocycles. The normalized spacial score (nSPS) is 10.6. The van der Waals surface area contributed by atoms with E-state index in [1.54, 1.807) is 19.3 Å². The summed E-state index contributed by atoms with van der Waals surface area (Å²) in [4.78, 5) is 28.1. The SMILES string of the molecule is COC(=O)c1nn(-c2cccc3cccnc23)cc(C)c1=O. The van der Waals surface area contributed by atoms with E-state index in [4.69, 9.17) is 0 Å². The lowest BCUT2D eigenvalue weighted by atomic mass is 10.2. The minimum atomic E-state index is -0.754. The van der Waals surface area contributed by atoms with Crippen molar-refractivity contribution < 1.29 is 9.53 Å². The molecule has 2 heterocycles. The summed E-state index contributed by atoms with van der Waals surface area (Å²) in [5.74, 6) is -0.754. The van der Waals surface area contributed by atoms with Gasteiger partial charge in [-0.05, 0) is 19.1 Å². The van der Waals surface area contributed by atoms with E-state index in [1.807, 2.05) is 30.3 Å². The van der Waals surface area contributed by atoms with Crippen LogP contribution >= 0.6 is 0 Å². The molecule has 6 nitrogen and oxygen atoms in total. The lowest BCUT2D eigenvalue weighted by Crippen LogP contribution is -2.24. The zero-order chi connectivity index (χ0) is 15.7. The first-order valence-corrected chi connectivity index (χ1v) is 6.65. The second-order valence-corrected chi connectivity index (χ2v) is 4.78. The summed E-state index contributed by atoms with van der Waals surface area (Å²) in [5.41, 5.74) is 1.15. The molecular weight excluding hydrogens is 282 g/mol. The van der Waals surface area contributed by atoms with Crippen molar-refractivity contribution >= 4 is 16.9 Å². The molecule has 0 aliphatic carbocycles. The quantitative estimate of drug-likeness (QED) is 0.675. The van der Waals surface area contributed by atoms with Crippen LogP contribution in [0.15, 0.2) is 47.5 Å². The van der Waals surface area contributed by atoms with Gasteiger partial charge in [0.15, 0.2) is 0 Å². The van der Waals surface area contributed by atoms with Crippen LogP contribution in [0.4, 0.5) is 0 Å². The Hall–Kier alpha value is -3.02. The van der Waals surface area contributed by atoms with Crippen LogP contribution in [0.2, 0.25) is 0 Å². The van der Waals surface area contributed by atoms with Gasteiger partial charge in [-0.3, -0.25) is 9.78 Å². The number of aryl methyl sites for hydroxylation is 1. The van der Waals surface area contributed by atoms with E-state index in [-0.39, 0.29) is 5.69 Å². The fourth-order valence-corrected chi connectivity index (χ4v) is 2.24. The topological polar surface area (TPSA) is 74.1 Å². The van der Waals surface area contributed by atoms with Crippen LogP contribution in [-0.2, 0) is 4.74 Å². The lowest BCUT2D eigenvalue weighted by Gasteiger charge is -2.10. The molecule has 0 N–H and O–H groups in total. The number of methoxy groups -OCH3 is 1. The number of hydrogen-bond donors (Lipinski definition) is 0. The predicted octanol–water partition coefficient (Wildman–Crippen LogP) is 1.88. The van der Waals surface area contributed by atoms with Crippen molar-refractivity contribution in [3.05, 3.63) is 64.2 Å². The molecule has 0 bridgehead atoms. The summed E-state index contributed by atoms with van der Waals surface area (Å²) >= 11 is 0. The molecule has 0 aliphatic rings. The van der Waals surface area contributed by atoms with Gasteiger partial charge in [0, 0.05) is 23.3 Å². The number of para-hydroxylation sites is 1. The first-order chi connectivity index (χ1) is 10.6. The van der Waals surface area contributed by atoms with Gasteiger partial charge in [0.05, 0.1) is 18.3 Å². The van der Waals surface area contributed by atoms with Gasteiger partial charge in [-0.2, -0.15) is 5.10 Å². The fourth-order valence-electron chi connectivity index (χ4n) is 2.24. The summed E-state index contributed by atoms with van der Waals surface area (Å²) < 4.78 is 6.10. The zero-order valence-electron chi connectivity index (χ0n) is 12.1. The van der Waals surface area contributed by atoms with Gasteiger partial charge in [0.1, 0.15) is 0 Å². The maximum atomic E-state index is 12.0. The van der Waals surface area contributed by atoms with E-state index in [0.29, 0.717) is 11.3 Å². The first-order valence-electron chi connectivity index (χ1n) is 6.65. The van der Waals surface area contributed by atoms with Crippen molar-refractivity contribution in [2.24, 2.45) is 0 Å². The van der Waals surface area contributed by atoms with Crippen LogP contribution in [0.5, 0.6) is 0 Å². The van der Waals surface area contributed by atoms with Crippen LogP contribution in [0.1, 0.15) is 16.1 Å². The number of benzene rings is 1. The molecule has 0 amide bonds. The van der Waals surface area contributed by atoms with Gasteiger partial charge >= 0.3 is 5.97 Å². The van der Waals surface area contributed by atoms with Gasteiger partial charge in [0.2, 0.25) is 11.1 Å². The fraction of sp³-hybridized carbons (Fsp3) is 0.125. The van der Waals surface area contributed by atoms with Crippen LogP contribution in [0.25, 0.3) is 16.6 Å². The van der Waals surface area contributed by atoms with Crippen LogP contribution in [0.3, 0.4) is 0 Å². The summed E-state index contributed by atoms with van der Waals surface area (Å²) in [6.45, 7) is 1.63. The number of carbonyl (C=O) groups is 1. The Morgan fingerprint density at radius 2 is 2.00 bits per heavy atom. The van der Waals surface area contributed by atoms with E-state index >= 15 is 0 Å². The summed E-state index contributed by atoms with van der Waals surface area (Å²) in [6, 6.07) is 9.40. The highest BCUT2D eigenvalue weighted by molar-refractivity contribution is 5.88. The summed E-state index contributed by atoms with van der Waals surface area (Å²) in [6.07, 6.45) is 3.26. The van der Waals surface area contributed by atoms with E-state index in [2.05, 4.69) is 14.8 Å². The van der Waals surface area contributed by atoms with Gasteiger partial charge in [0.25, 0.3) is 0 Å². The Labute approximate surface area is 126 Å². The van der Waals surface area contributed by atoms with Crippen molar-refractivity contribution in [1.29, 1.82) is 0 Å². The number of esters is 1. The lowest BCUT2D eigenvalue weighted by molar-refractivity contribution is 0.0590. The number of pyridine rings is 1. The molecule has 0 fully saturated rings. The molecule has 3 rings (SSSR count). The molecule has 110 valence electrons. The third-order valence-electron chi connectivity index (χ3n) is 3.33. The average Bonchev–Trinajstić information content (AvgIpc) is 2.56. The Kier molecular flexibility index (Phi) is 3.42. The Balaban J connectivity index is 2.30. The molecule has 6 heteroatoms. The highest BCUT2D eigenvalue weighted by Crippen LogP contribution is 2.19. The second-order valence-electron chi connectivity index (χ2n) is 4.78. The largest absolute Gasteiger partial charge is 0.464 e. The van der Waals surface area contributed by atoms with Gasteiger partial charge in [-0.25, -0.2) is 9.48 Å². The maximum Gasteiger partial charge on any atom is 0.362 e. The molecule has 22 heavy (non-hydrogen) atoms. The maximum absolute atomic E-state index is 12.0. The standard InChI is InChI=1S/C16H13N3O3/c1-10-9-19(18-14(15(10)20)16(21)22-2)12-7-3-5-11-6-4-8-17-13(11)12/h3-9H,1-2H3. The number of ether oxygens (including phenoxy) is 1. The number of fused-ring (bicyclic) bond motifs is 1. The minimum absolute atomic E-state index is 0.240. The summed E-state index contributed by atoms with van der Waals surface area (Å²) in [7, 11) is 1.22. The highest BCUT2D eigenvalue weighted by atomic mass is 16.5. The van der Waals surface area contributed by atoms with Crippen molar-refractivity contribution in [2.75, 3.05) is 7.11 Å². The zero-order valence-corrected chi connectivity index (χ0v) is 12.1. The van der Waals surface area contributed by atoms with Crippen LogP contribution < -0.4 is 5.43 Å². The van der Waals surface area contributed by atoms with E-state index in [0.717, 1.165) is 10.9 Å². The average molecular weight is 295 g/mol. The van der Waals surface area contributed by atoms with Gasteiger partial charge < -0.3 is 4.74 Å². The predicted molar refractivity (Wildman–Crippen MR) is 81.2 cm³/mol. The molecule has 1 aromatic carbocycles. The molecule has 0 radical (unpaired) electrons. The van der Waals surface area contributed by atoms with Gasteiger partial charge in [-0.1, -0.05) is 18.2 Å². The van der Waals surface area contributed by atoms with Crippen molar-refractivity contribution in [2.45, 2.75) is 6.92 Å². The number of nitrogens with zero attached hydrogens (tertiary/aromatic N) is 3. The molecule has 0 atom stereocenters. The van der Waals surface area contributed by atoms with Gasteiger partial charge in [-0.15, -0.1) is 0 Å². The molecule has 0 aliphatic heterocycles. The molecular formula is C16H13N3O3. The molecule has 3 aromatic rings. The van der Waals surface area contributed by atoms with Crippen LogP contribution in [0, 0.1) is 6.92 Å². The molecule has 0 unspecified atom stereocenters. The number of aromatic nitrogens is 3. The number of hydrogen-bond acceptors (Lipinski definition) is 5. The van der Waals surface area contributed by atoms with E-state index < -0.39 is 11.4 Å².